The van der Waals surface area contributed by atoms with Gasteiger partial charge in [0.25, 0.3) is 5.56 Å². The lowest BCUT2D eigenvalue weighted by Crippen LogP contribution is -2.42. The molecule has 0 aliphatic heterocycles. The number of carbonyl (C=O) groups is 2. The first-order chi connectivity index (χ1) is 11.9. The van der Waals surface area contributed by atoms with Gasteiger partial charge in [-0.15, -0.1) is 0 Å². The van der Waals surface area contributed by atoms with Crippen LogP contribution in [0.3, 0.4) is 0 Å². The van der Waals surface area contributed by atoms with E-state index < -0.39 is 23.5 Å². The number of ether oxygens (including phenoxy) is 3. The molecule has 0 spiro atoms. The molecule has 9 nitrogen and oxygen atoms in total. The van der Waals surface area contributed by atoms with Crippen molar-refractivity contribution in [1.82, 2.24) is 14.9 Å². The highest BCUT2D eigenvalue weighted by Gasteiger charge is 2.17. The largest absolute Gasteiger partial charge is 0.493 e. The van der Waals surface area contributed by atoms with E-state index in [1.54, 1.807) is 6.07 Å². The van der Waals surface area contributed by atoms with Gasteiger partial charge in [0, 0.05) is 6.07 Å². The number of esters is 1. The Morgan fingerprint density at radius 3 is 2.44 bits per heavy atom. The summed E-state index contributed by atoms with van der Waals surface area (Å²) >= 11 is 0. The molecular formula is C16H19N3O6. The average molecular weight is 349 g/mol. The van der Waals surface area contributed by atoms with Crippen LogP contribution in [0.2, 0.25) is 0 Å². The summed E-state index contributed by atoms with van der Waals surface area (Å²) in [6.07, 6.45) is 1.26. The Hall–Kier alpha value is -3.10. The topological polar surface area (TPSA) is 109 Å². The van der Waals surface area contributed by atoms with Gasteiger partial charge >= 0.3 is 5.97 Å². The third kappa shape index (κ3) is 3.87. The standard InChI is InChI=1S/C16H19N3O6/c1-9(16(22)25-4)18-14(20)7-19-8-17-11-6-13(24-3)12(23-2)5-10(11)15(19)21/h5-6,8-9H,7H2,1-4H3,(H,18,20)/t9-/m0/s1. The number of rotatable bonds is 6. The number of nitrogens with one attached hydrogen (secondary N) is 1. The SMILES string of the molecule is COC(=O)[C@H](C)NC(=O)Cn1cnc2cc(OC)c(OC)cc2c1=O. The van der Waals surface area contributed by atoms with Crippen LogP contribution in [0.25, 0.3) is 10.9 Å². The van der Waals surface area contributed by atoms with Gasteiger partial charge in [-0.05, 0) is 13.0 Å². The molecule has 0 unspecified atom stereocenters. The second-order valence-corrected chi connectivity index (χ2v) is 5.21. The molecule has 1 aromatic carbocycles. The monoisotopic (exact) mass is 349 g/mol. The van der Waals surface area contributed by atoms with Crippen molar-refractivity contribution in [3.63, 3.8) is 0 Å². The maximum absolute atomic E-state index is 12.6. The highest BCUT2D eigenvalue weighted by Crippen LogP contribution is 2.29. The van der Waals surface area contributed by atoms with Gasteiger partial charge in [0.1, 0.15) is 12.6 Å². The molecule has 1 atom stereocenters. The summed E-state index contributed by atoms with van der Waals surface area (Å²) < 4.78 is 16.0. The van der Waals surface area contributed by atoms with Crippen molar-refractivity contribution in [1.29, 1.82) is 0 Å². The Morgan fingerprint density at radius 1 is 1.20 bits per heavy atom. The van der Waals surface area contributed by atoms with Crippen LogP contribution in [0, 0.1) is 0 Å². The van der Waals surface area contributed by atoms with Crippen molar-refractivity contribution in [3.05, 3.63) is 28.8 Å². The van der Waals surface area contributed by atoms with Gasteiger partial charge in [-0.2, -0.15) is 0 Å². The maximum Gasteiger partial charge on any atom is 0.328 e. The van der Waals surface area contributed by atoms with Gasteiger partial charge in [-0.3, -0.25) is 14.2 Å². The smallest absolute Gasteiger partial charge is 0.328 e. The van der Waals surface area contributed by atoms with E-state index in [9.17, 15) is 14.4 Å². The number of carbonyl (C=O) groups excluding carboxylic acids is 2. The minimum Gasteiger partial charge on any atom is -0.493 e. The van der Waals surface area contributed by atoms with Gasteiger partial charge in [-0.1, -0.05) is 0 Å². The molecule has 0 bridgehead atoms. The Bertz CT molecular complexity index is 861. The van der Waals surface area contributed by atoms with Gasteiger partial charge < -0.3 is 19.5 Å². The van der Waals surface area contributed by atoms with E-state index in [0.29, 0.717) is 17.0 Å². The second-order valence-electron chi connectivity index (χ2n) is 5.21. The molecule has 25 heavy (non-hydrogen) atoms. The quantitative estimate of drug-likeness (QED) is 0.736. The molecule has 134 valence electrons. The lowest BCUT2D eigenvalue weighted by atomic mass is 10.2. The number of benzene rings is 1. The molecule has 0 aliphatic rings. The van der Waals surface area contributed by atoms with Crippen molar-refractivity contribution in [2.75, 3.05) is 21.3 Å². The van der Waals surface area contributed by atoms with E-state index in [2.05, 4.69) is 15.0 Å². The molecule has 1 heterocycles. The molecule has 0 saturated heterocycles. The van der Waals surface area contributed by atoms with E-state index in [0.717, 1.165) is 4.57 Å². The summed E-state index contributed by atoms with van der Waals surface area (Å²) in [6.45, 7) is 1.21. The van der Waals surface area contributed by atoms with Gasteiger partial charge in [0.2, 0.25) is 5.91 Å². The van der Waals surface area contributed by atoms with E-state index in [1.165, 1.54) is 40.6 Å². The van der Waals surface area contributed by atoms with Crippen LogP contribution in [0.15, 0.2) is 23.3 Å². The first-order valence-electron chi connectivity index (χ1n) is 7.39. The Morgan fingerprint density at radius 2 is 1.84 bits per heavy atom. The molecule has 0 radical (unpaired) electrons. The van der Waals surface area contributed by atoms with Gasteiger partial charge in [0.05, 0.1) is 38.6 Å². The summed E-state index contributed by atoms with van der Waals surface area (Å²) in [5, 5.41) is 2.74. The molecule has 1 amide bonds. The minimum atomic E-state index is -0.814. The first kappa shape index (κ1) is 18.2. The lowest BCUT2D eigenvalue weighted by molar-refractivity contribution is -0.144. The van der Waals surface area contributed by atoms with Crippen molar-refractivity contribution in [2.45, 2.75) is 19.5 Å². The lowest BCUT2D eigenvalue weighted by Gasteiger charge is -2.13. The van der Waals surface area contributed by atoms with Gasteiger partial charge in [0.15, 0.2) is 11.5 Å². The van der Waals surface area contributed by atoms with Crippen molar-refractivity contribution in [3.8, 4) is 11.5 Å². The van der Waals surface area contributed by atoms with Crippen LogP contribution in [0.5, 0.6) is 11.5 Å². The molecule has 2 rings (SSSR count). The van der Waals surface area contributed by atoms with Gasteiger partial charge in [-0.25, -0.2) is 9.78 Å². The highest BCUT2D eigenvalue weighted by molar-refractivity contribution is 5.85. The van der Waals surface area contributed by atoms with Crippen LogP contribution in [-0.4, -0.2) is 48.8 Å². The number of nitrogens with zero attached hydrogens (tertiary/aromatic N) is 2. The number of fused-ring (bicyclic) bond motifs is 1. The summed E-state index contributed by atoms with van der Waals surface area (Å²) in [5.41, 5.74) is 0.00839. The van der Waals surface area contributed by atoms with Crippen LogP contribution in [-0.2, 0) is 20.9 Å². The summed E-state index contributed by atoms with van der Waals surface area (Å²) in [5.74, 6) is -0.254. The molecule has 1 aromatic heterocycles. The van der Waals surface area contributed by atoms with Crippen LogP contribution in [0.1, 0.15) is 6.92 Å². The highest BCUT2D eigenvalue weighted by atomic mass is 16.5. The molecule has 2 aromatic rings. The van der Waals surface area contributed by atoms with E-state index in [4.69, 9.17) is 9.47 Å². The Balaban J connectivity index is 2.31. The molecule has 0 aliphatic carbocycles. The molecule has 0 saturated carbocycles. The fraction of sp³-hybridized carbons (Fsp3) is 0.375. The number of aromatic nitrogens is 2. The first-order valence-corrected chi connectivity index (χ1v) is 7.39. The second kappa shape index (κ2) is 7.65. The van der Waals surface area contributed by atoms with Crippen molar-refractivity contribution >= 4 is 22.8 Å². The Kier molecular flexibility index (Phi) is 5.58. The van der Waals surface area contributed by atoms with E-state index in [-0.39, 0.29) is 11.9 Å². The molecule has 9 heteroatoms. The number of methoxy groups -OCH3 is 3. The molecular weight excluding hydrogens is 330 g/mol. The third-order valence-electron chi connectivity index (χ3n) is 3.58. The average Bonchev–Trinajstić information content (AvgIpc) is 2.62. The number of hydrogen-bond donors (Lipinski definition) is 1. The predicted molar refractivity (Wildman–Crippen MR) is 88.7 cm³/mol. The Labute approximate surface area is 143 Å². The molecule has 0 fully saturated rings. The fourth-order valence-corrected chi connectivity index (χ4v) is 2.28. The zero-order valence-electron chi connectivity index (χ0n) is 14.4. The number of hydrogen-bond acceptors (Lipinski definition) is 7. The normalized spacial score (nSPS) is 11.7. The summed E-state index contributed by atoms with van der Waals surface area (Å²) in [4.78, 5) is 40.1. The number of amides is 1. The third-order valence-corrected chi connectivity index (χ3v) is 3.58. The fourth-order valence-electron chi connectivity index (χ4n) is 2.28. The molecule has 1 N–H and O–H groups in total. The minimum absolute atomic E-state index is 0.280. The van der Waals surface area contributed by atoms with Crippen LogP contribution in [0.4, 0.5) is 0 Å². The van der Waals surface area contributed by atoms with Crippen LogP contribution < -0.4 is 20.3 Å². The van der Waals surface area contributed by atoms with Crippen molar-refractivity contribution in [2.24, 2.45) is 0 Å². The van der Waals surface area contributed by atoms with E-state index in [1.807, 2.05) is 0 Å². The summed E-state index contributed by atoms with van der Waals surface area (Å²) in [7, 11) is 4.17. The van der Waals surface area contributed by atoms with Crippen LogP contribution >= 0.6 is 0 Å². The zero-order chi connectivity index (χ0) is 18.6. The van der Waals surface area contributed by atoms with E-state index >= 15 is 0 Å². The maximum atomic E-state index is 12.6. The predicted octanol–water partition coefficient (Wildman–Crippen LogP) is 0.0914. The summed E-state index contributed by atoms with van der Waals surface area (Å²) in [6, 6.07) is 2.28. The van der Waals surface area contributed by atoms with Crippen molar-refractivity contribution < 1.29 is 23.8 Å². The zero-order valence-corrected chi connectivity index (χ0v) is 14.4.